The Kier molecular flexibility index (Phi) is 4.12. The van der Waals surface area contributed by atoms with Gasteiger partial charge in [-0.2, -0.15) is 11.3 Å². The first-order valence-electron chi connectivity index (χ1n) is 8.78. The summed E-state index contributed by atoms with van der Waals surface area (Å²) >= 11 is 1.68. The van der Waals surface area contributed by atoms with E-state index in [1.54, 1.807) is 18.3 Å². The summed E-state index contributed by atoms with van der Waals surface area (Å²) in [4.78, 5) is 28.3. The van der Waals surface area contributed by atoms with E-state index in [9.17, 15) is 9.59 Å². The number of amides is 1. The summed E-state index contributed by atoms with van der Waals surface area (Å²) in [5.74, 6) is 0.117. The number of ether oxygens (including phenoxy) is 1. The van der Waals surface area contributed by atoms with Crippen LogP contribution in [0.15, 0.2) is 16.8 Å². The second-order valence-corrected chi connectivity index (χ2v) is 8.15. The molecular weight excluding hydrogens is 324 g/mol. The molecule has 24 heavy (non-hydrogen) atoms. The topological polar surface area (TPSA) is 49.9 Å². The highest BCUT2D eigenvalue weighted by Crippen LogP contribution is 2.57. The first-order chi connectivity index (χ1) is 11.6. The van der Waals surface area contributed by atoms with Crippen LogP contribution in [0.25, 0.3) is 0 Å². The first-order valence-corrected chi connectivity index (χ1v) is 9.72. The molecule has 0 N–H and O–H groups in total. The van der Waals surface area contributed by atoms with Crippen LogP contribution in [0, 0.1) is 5.41 Å². The third kappa shape index (κ3) is 2.86. The third-order valence-corrected chi connectivity index (χ3v) is 6.73. The van der Waals surface area contributed by atoms with Crippen LogP contribution in [0.2, 0.25) is 0 Å². The number of rotatable bonds is 4. The van der Waals surface area contributed by atoms with E-state index in [-0.39, 0.29) is 23.3 Å². The molecule has 2 aliphatic heterocycles. The van der Waals surface area contributed by atoms with Crippen molar-refractivity contribution in [2.45, 2.75) is 51.2 Å². The van der Waals surface area contributed by atoms with Gasteiger partial charge >= 0.3 is 5.97 Å². The Labute approximate surface area is 146 Å². The number of esters is 1. The van der Waals surface area contributed by atoms with Gasteiger partial charge in [0.15, 0.2) is 0 Å². The molecule has 2 atom stereocenters. The van der Waals surface area contributed by atoms with Crippen molar-refractivity contribution in [1.29, 1.82) is 0 Å². The van der Waals surface area contributed by atoms with E-state index < -0.39 is 0 Å². The summed E-state index contributed by atoms with van der Waals surface area (Å²) in [5.41, 5.74) is 1.50. The van der Waals surface area contributed by atoms with Crippen LogP contribution in [0.4, 0.5) is 0 Å². The molecule has 3 heterocycles. The number of likely N-dealkylation sites (tertiary alicyclic amines) is 1. The molecule has 3 aliphatic rings. The normalized spacial score (nSPS) is 28.8. The number of thiophene rings is 1. The van der Waals surface area contributed by atoms with Gasteiger partial charge in [-0.05, 0) is 60.2 Å². The molecule has 1 amide bonds. The lowest BCUT2D eigenvalue weighted by Crippen LogP contribution is -2.46. The lowest BCUT2D eigenvalue weighted by Gasteiger charge is -2.36. The van der Waals surface area contributed by atoms with Crippen LogP contribution in [-0.4, -0.2) is 53.5 Å². The Morgan fingerprint density at radius 1 is 1.46 bits per heavy atom. The van der Waals surface area contributed by atoms with Gasteiger partial charge < -0.3 is 9.64 Å². The van der Waals surface area contributed by atoms with Gasteiger partial charge in [0, 0.05) is 25.9 Å². The molecule has 0 aromatic carbocycles. The fraction of sp³-hybridized carbons (Fsp3) is 0.667. The van der Waals surface area contributed by atoms with Crippen LogP contribution >= 0.6 is 11.3 Å². The van der Waals surface area contributed by atoms with Crippen molar-refractivity contribution < 1.29 is 14.3 Å². The number of hydrogen-bond acceptors (Lipinski definition) is 5. The maximum Gasteiger partial charge on any atom is 0.323 e. The average Bonchev–Trinajstić information content (AvgIpc) is 2.96. The summed E-state index contributed by atoms with van der Waals surface area (Å²) in [5, 5.41) is 4.19. The smallest absolute Gasteiger partial charge is 0.323 e. The maximum absolute atomic E-state index is 12.2. The Morgan fingerprint density at radius 3 is 2.83 bits per heavy atom. The van der Waals surface area contributed by atoms with Crippen molar-refractivity contribution in [3.8, 4) is 0 Å². The summed E-state index contributed by atoms with van der Waals surface area (Å²) in [7, 11) is 0. The van der Waals surface area contributed by atoms with E-state index in [1.165, 1.54) is 5.56 Å². The number of cyclic esters (lactones) is 1. The maximum atomic E-state index is 12.2. The number of carbonyl (C=O) groups is 2. The van der Waals surface area contributed by atoms with Gasteiger partial charge in [-0.25, -0.2) is 0 Å². The molecule has 2 saturated heterocycles. The molecular formula is C18H24N2O3S. The molecule has 1 aromatic heterocycles. The van der Waals surface area contributed by atoms with Crippen LogP contribution in [0.3, 0.4) is 0 Å². The van der Waals surface area contributed by atoms with Gasteiger partial charge in [0.05, 0.1) is 6.61 Å². The molecule has 4 rings (SSSR count). The van der Waals surface area contributed by atoms with Gasteiger partial charge in [0.1, 0.15) is 6.04 Å². The van der Waals surface area contributed by atoms with Crippen molar-refractivity contribution in [1.82, 2.24) is 9.80 Å². The summed E-state index contributed by atoms with van der Waals surface area (Å²) in [6.07, 6.45) is 4.09. The van der Waals surface area contributed by atoms with E-state index in [0.29, 0.717) is 12.6 Å². The second-order valence-electron chi connectivity index (χ2n) is 7.37. The first kappa shape index (κ1) is 16.1. The van der Waals surface area contributed by atoms with Gasteiger partial charge in [-0.3, -0.25) is 14.5 Å². The summed E-state index contributed by atoms with van der Waals surface area (Å²) in [6.45, 7) is 4.86. The molecule has 1 aromatic rings. The second kappa shape index (κ2) is 6.15. The van der Waals surface area contributed by atoms with Gasteiger partial charge in [0.2, 0.25) is 5.91 Å². The summed E-state index contributed by atoms with van der Waals surface area (Å²) < 4.78 is 5.10. The SMILES string of the molecule is CC(=O)N(Cc1ccsc1)[C@H]1CC12CCN([C@@H]1CCOC1=O)CC2. The minimum atomic E-state index is -0.0545. The predicted octanol–water partition coefficient (Wildman–Crippen LogP) is 2.27. The number of carbonyl (C=O) groups excluding carboxylic acids is 2. The van der Waals surface area contributed by atoms with Crippen molar-refractivity contribution >= 4 is 23.2 Å². The third-order valence-electron chi connectivity index (χ3n) is 6.00. The van der Waals surface area contributed by atoms with Gasteiger partial charge in [-0.1, -0.05) is 0 Å². The fourth-order valence-corrected chi connectivity index (χ4v) is 5.08. The van der Waals surface area contributed by atoms with Crippen molar-refractivity contribution in [3.63, 3.8) is 0 Å². The zero-order chi connectivity index (χ0) is 16.7. The van der Waals surface area contributed by atoms with E-state index >= 15 is 0 Å². The van der Waals surface area contributed by atoms with Crippen molar-refractivity contribution in [2.24, 2.45) is 5.41 Å². The van der Waals surface area contributed by atoms with Crippen LogP contribution in [-0.2, 0) is 20.9 Å². The zero-order valence-corrected chi connectivity index (χ0v) is 14.9. The van der Waals surface area contributed by atoms with E-state index in [1.807, 2.05) is 0 Å². The minimum absolute atomic E-state index is 0.0331. The molecule has 130 valence electrons. The highest BCUT2D eigenvalue weighted by molar-refractivity contribution is 7.07. The highest BCUT2D eigenvalue weighted by Gasteiger charge is 2.58. The van der Waals surface area contributed by atoms with Crippen LogP contribution in [0.5, 0.6) is 0 Å². The fourth-order valence-electron chi connectivity index (χ4n) is 4.42. The van der Waals surface area contributed by atoms with Crippen LogP contribution in [0.1, 0.15) is 38.2 Å². The Morgan fingerprint density at radius 2 is 2.25 bits per heavy atom. The molecule has 3 fully saturated rings. The molecule has 0 bridgehead atoms. The number of nitrogens with zero attached hydrogens (tertiary/aromatic N) is 2. The zero-order valence-electron chi connectivity index (χ0n) is 14.1. The Hall–Kier alpha value is -1.40. The highest BCUT2D eigenvalue weighted by atomic mass is 32.1. The van der Waals surface area contributed by atoms with Crippen LogP contribution < -0.4 is 0 Å². The molecule has 0 radical (unpaired) electrons. The molecule has 6 heteroatoms. The van der Waals surface area contributed by atoms with Gasteiger partial charge in [0.25, 0.3) is 0 Å². The van der Waals surface area contributed by atoms with E-state index in [0.717, 1.165) is 45.3 Å². The quantitative estimate of drug-likeness (QED) is 0.783. The molecule has 5 nitrogen and oxygen atoms in total. The van der Waals surface area contributed by atoms with E-state index in [2.05, 4.69) is 26.6 Å². The predicted molar refractivity (Wildman–Crippen MR) is 91.6 cm³/mol. The van der Waals surface area contributed by atoms with Gasteiger partial charge in [-0.15, -0.1) is 0 Å². The standard InChI is InChI=1S/C18H24N2O3S/c1-13(21)20(11-14-3-9-24-12-14)16-10-18(16)4-6-19(7-5-18)15-2-8-23-17(15)22/h3,9,12,15-16H,2,4-8,10-11H2,1H3/t15-,16+/m1/s1. The minimum Gasteiger partial charge on any atom is -0.464 e. The Bertz CT molecular complexity index is 622. The molecule has 1 saturated carbocycles. The Balaban J connectivity index is 1.38. The lowest BCUT2D eigenvalue weighted by molar-refractivity contribution is -0.142. The molecule has 1 aliphatic carbocycles. The number of piperidine rings is 1. The lowest BCUT2D eigenvalue weighted by atomic mass is 9.91. The monoisotopic (exact) mass is 348 g/mol. The number of hydrogen-bond donors (Lipinski definition) is 0. The average molecular weight is 348 g/mol. The van der Waals surface area contributed by atoms with E-state index in [4.69, 9.17) is 4.74 Å². The largest absolute Gasteiger partial charge is 0.464 e. The molecule has 0 unspecified atom stereocenters. The van der Waals surface area contributed by atoms with Crippen molar-refractivity contribution in [3.05, 3.63) is 22.4 Å². The molecule has 1 spiro atoms. The summed E-state index contributed by atoms with van der Waals surface area (Å²) in [6, 6.07) is 2.44. The van der Waals surface area contributed by atoms with Crippen molar-refractivity contribution in [2.75, 3.05) is 19.7 Å².